The number of hydrogen-bond donors (Lipinski definition) is 1. The summed E-state index contributed by atoms with van der Waals surface area (Å²) < 4.78 is 15.0. The fourth-order valence-electron chi connectivity index (χ4n) is 3.61. The molecule has 0 spiro atoms. The van der Waals surface area contributed by atoms with Crippen molar-refractivity contribution >= 4 is 23.5 Å². The van der Waals surface area contributed by atoms with Crippen molar-refractivity contribution in [2.24, 2.45) is 5.92 Å². The van der Waals surface area contributed by atoms with Gasteiger partial charge < -0.3 is 24.4 Å². The number of nitrogens with zero attached hydrogens (tertiary/aromatic N) is 1. The topological polar surface area (TPSA) is 94.2 Å². The number of hydrogen-bond acceptors (Lipinski definition) is 6. The molecule has 8 heteroatoms. The summed E-state index contributed by atoms with van der Waals surface area (Å²) in [5.74, 6) is 1.22. The van der Waals surface area contributed by atoms with Crippen LogP contribution < -0.4 is 14.8 Å². The summed E-state index contributed by atoms with van der Waals surface area (Å²) in [6.45, 7) is 1.40. The van der Waals surface area contributed by atoms with Gasteiger partial charge in [-0.05, 0) is 31.6 Å². The first-order valence-corrected chi connectivity index (χ1v) is 10.3. The lowest BCUT2D eigenvalue weighted by molar-refractivity contribution is -0.141. The monoisotopic (exact) mass is 420 g/mol. The Balaban J connectivity index is 1.78. The van der Waals surface area contributed by atoms with Gasteiger partial charge in [0.05, 0.1) is 21.3 Å². The van der Waals surface area contributed by atoms with Crippen LogP contribution in [0.3, 0.4) is 0 Å². The van der Waals surface area contributed by atoms with E-state index in [1.165, 1.54) is 7.11 Å². The average molecular weight is 421 g/mol. The molecule has 1 saturated heterocycles. The minimum Gasteiger partial charge on any atom is -0.497 e. The molecular formula is C22H32N2O6. The maximum absolute atomic E-state index is 12.4. The van der Waals surface area contributed by atoms with Crippen LogP contribution in [0, 0.1) is 5.92 Å². The third kappa shape index (κ3) is 7.57. The molecule has 1 aliphatic rings. The van der Waals surface area contributed by atoms with Crippen LogP contribution in [-0.4, -0.2) is 57.1 Å². The molecule has 8 nitrogen and oxygen atoms in total. The van der Waals surface area contributed by atoms with Gasteiger partial charge in [-0.3, -0.25) is 14.4 Å². The van der Waals surface area contributed by atoms with Gasteiger partial charge >= 0.3 is 5.97 Å². The number of ether oxygens (including phenoxy) is 3. The molecule has 2 rings (SSSR count). The van der Waals surface area contributed by atoms with Crippen LogP contribution in [-0.2, 0) is 19.1 Å². The number of esters is 1. The number of likely N-dealkylation sites (tertiary alicyclic amines) is 1. The highest BCUT2D eigenvalue weighted by Gasteiger charge is 2.24. The molecule has 166 valence electrons. The van der Waals surface area contributed by atoms with Gasteiger partial charge in [-0.25, -0.2) is 0 Å². The van der Waals surface area contributed by atoms with Gasteiger partial charge in [0.25, 0.3) is 0 Å². The first kappa shape index (κ1) is 23.5. The zero-order valence-corrected chi connectivity index (χ0v) is 18.1. The number of rotatable bonds is 10. The molecule has 1 N–H and O–H groups in total. The summed E-state index contributed by atoms with van der Waals surface area (Å²) in [5, 5.41) is 2.89. The van der Waals surface area contributed by atoms with E-state index in [2.05, 4.69) is 10.1 Å². The summed E-state index contributed by atoms with van der Waals surface area (Å²) in [7, 11) is 4.47. The number of benzene rings is 1. The highest BCUT2D eigenvalue weighted by molar-refractivity contribution is 5.91. The predicted molar refractivity (Wildman–Crippen MR) is 113 cm³/mol. The highest BCUT2D eigenvalue weighted by Crippen LogP contribution is 2.26. The van der Waals surface area contributed by atoms with Crippen LogP contribution in [0.15, 0.2) is 18.2 Å². The van der Waals surface area contributed by atoms with E-state index < -0.39 is 0 Å². The summed E-state index contributed by atoms with van der Waals surface area (Å²) in [6.07, 6.45) is 4.15. The standard InChI is InChI=1S/C22H32N2O6/c1-28-18-12-17(13-19(14-18)29-2)23-20(25)10-9-16-6-5-11-24(15-16)21(26)7-4-8-22(27)30-3/h12-14,16H,4-11,15H2,1-3H3,(H,23,25). The molecule has 0 bridgehead atoms. The van der Waals surface area contributed by atoms with E-state index in [4.69, 9.17) is 9.47 Å². The van der Waals surface area contributed by atoms with Crippen molar-refractivity contribution in [3.05, 3.63) is 18.2 Å². The maximum Gasteiger partial charge on any atom is 0.305 e. The van der Waals surface area contributed by atoms with Gasteiger partial charge in [0.2, 0.25) is 11.8 Å². The zero-order valence-electron chi connectivity index (χ0n) is 18.1. The second-order valence-electron chi connectivity index (χ2n) is 7.47. The number of carbonyl (C=O) groups excluding carboxylic acids is 3. The highest BCUT2D eigenvalue weighted by atomic mass is 16.5. The van der Waals surface area contributed by atoms with Crippen LogP contribution >= 0.6 is 0 Å². The molecule has 30 heavy (non-hydrogen) atoms. The molecule has 0 aliphatic carbocycles. The van der Waals surface area contributed by atoms with Crippen molar-refractivity contribution < 1.29 is 28.6 Å². The van der Waals surface area contributed by atoms with Crippen molar-refractivity contribution in [1.29, 1.82) is 0 Å². The number of carbonyl (C=O) groups is 3. The maximum atomic E-state index is 12.4. The summed E-state index contributed by atoms with van der Waals surface area (Å²) in [5.41, 5.74) is 0.627. The molecule has 1 heterocycles. The molecule has 1 aliphatic heterocycles. The Morgan fingerprint density at radius 3 is 2.37 bits per heavy atom. The SMILES string of the molecule is COC(=O)CCCC(=O)N1CCCC(CCC(=O)Nc2cc(OC)cc(OC)c2)C1. The Kier molecular flexibility index (Phi) is 9.44. The molecule has 1 aromatic rings. The molecule has 2 amide bonds. The number of amides is 2. The Labute approximate surface area is 177 Å². The first-order valence-electron chi connectivity index (χ1n) is 10.3. The molecular weight excluding hydrogens is 388 g/mol. The van der Waals surface area contributed by atoms with Gasteiger partial charge in [-0.1, -0.05) is 0 Å². The van der Waals surface area contributed by atoms with E-state index in [0.29, 0.717) is 48.9 Å². The number of anilines is 1. The van der Waals surface area contributed by atoms with Crippen LogP contribution in [0.1, 0.15) is 44.9 Å². The van der Waals surface area contributed by atoms with Gasteiger partial charge in [-0.2, -0.15) is 0 Å². The first-order chi connectivity index (χ1) is 14.4. The molecule has 0 radical (unpaired) electrons. The van der Waals surface area contributed by atoms with E-state index in [0.717, 1.165) is 25.8 Å². The normalized spacial score (nSPS) is 16.0. The fourth-order valence-corrected chi connectivity index (χ4v) is 3.61. The molecule has 1 atom stereocenters. The van der Waals surface area contributed by atoms with Gasteiger partial charge in [0, 0.05) is 56.2 Å². The summed E-state index contributed by atoms with van der Waals surface area (Å²) in [6, 6.07) is 5.24. The molecule has 0 aromatic heterocycles. The van der Waals surface area contributed by atoms with Crippen molar-refractivity contribution in [3.8, 4) is 11.5 Å². The lowest BCUT2D eigenvalue weighted by atomic mass is 9.93. The van der Waals surface area contributed by atoms with Gasteiger partial charge in [0.1, 0.15) is 11.5 Å². The van der Waals surface area contributed by atoms with Crippen LogP contribution in [0.5, 0.6) is 11.5 Å². The largest absolute Gasteiger partial charge is 0.497 e. The smallest absolute Gasteiger partial charge is 0.305 e. The van der Waals surface area contributed by atoms with E-state index in [9.17, 15) is 14.4 Å². The van der Waals surface area contributed by atoms with E-state index >= 15 is 0 Å². The van der Waals surface area contributed by atoms with Gasteiger partial charge in [0.15, 0.2) is 0 Å². The third-order valence-corrected chi connectivity index (χ3v) is 5.29. The zero-order chi connectivity index (χ0) is 21.9. The van der Waals surface area contributed by atoms with Crippen molar-refractivity contribution in [3.63, 3.8) is 0 Å². The average Bonchev–Trinajstić information content (AvgIpc) is 2.77. The Bertz CT molecular complexity index is 714. The molecule has 1 fully saturated rings. The minimum atomic E-state index is -0.293. The number of nitrogens with one attached hydrogen (secondary N) is 1. The quantitative estimate of drug-likeness (QED) is 0.585. The lowest BCUT2D eigenvalue weighted by Crippen LogP contribution is -2.40. The summed E-state index contributed by atoms with van der Waals surface area (Å²) in [4.78, 5) is 37.8. The van der Waals surface area contributed by atoms with Crippen molar-refractivity contribution in [1.82, 2.24) is 4.90 Å². The molecule has 1 aromatic carbocycles. The van der Waals surface area contributed by atoms with Crippen LogP contribution in [0.25, 0.3) is 0 Å². The number of methoxy groups -OCH3 is 3. The Morgan fingerprint density at radius 1 is 1.03 bits per heavy atom. The van der Waals surface area contributed by atoms with Crippen LogP contribution in [0.2, 0.25) is 0 Å². The summed E-state index contributed by atoms with van der Waals surface area (Å²) >= 11 is 0. The fraction of sp³-hybridized carbons (Fsp3) is 0.591. The lowest BCUT2D eigenvalue weighted by Gasteiger charge is -2.33. The van der Waals surface area contributed by atoms with Crippen molar-refractivity contribution in [2.45, 2.75) is 44.9 Å². The van der Waals surface area contributed by atoms with E-state index in [1.54, 1.807) is 32.4 Å². The predicted octanol–water partition coefficient (Wildman–Crippen LogP) is 3.00. The van der Waals surface area contributed by atoms with E-state index in [1.807, 2.05) is 4.90 Å². The minimum absolute atomic E-state index is 0.0662. The van der Waals surface area contributed by atoms with Crippen LogP contribution in [0.4, 0.5) is 5.69 Å². The van der Waals surface area contributed by atoms with Crippen molar-refractivity contribution in [2.75, 3.05) is 39.7 Å². The number of piperidine rings is 1. The molecule has 1 unspecified atom stereocenters. The Hall–Kier alpha value is -2.77. The molecule has 0 saturated carbocycles. The second kappa shape index (κ2) is 12.0. The van der Waals surface area contributed by atoms with E-state index in [-0.39, 0.29) is 24.2 Å². The second-order valence-corrected chi connectivity index (χ2v) is 7.47. The third-order valence-electron chi connectivity index (χ3n) is 5.29. The Morgan fingerprint density at radius 2 is 1.73 bits per heavy atom. The van der Waals surface area contributed by atoms with Gasteiger partial charge in [-0.15, -0.1) is 0 Å².